The van der Waals surface area contributed by atoms with Crippen LogP contribution in [0.3, 0.4) is 0 Å². The number of benzene rings is 1. The average Bonchev–Trinajstić information content (AvgIpc) is 2.76. The molecule has 0 radical (unpaired) electrons. The van der Waals surface area contributed by atoms with E-state index >= 15 is 0 Å². The van der Waals surface area contributed by atoms with Gasteiger partial charge in [0.25, 0.3) is 0 Å². The summed E-state index contributed by atoms with van der Waals surface area (Å²) in [6.45, 7) is 3.64. The fourth-order valence-corrected chi connectivity index (χ4v) is 2.32. The van der Waals surface area contributed by atoms with Crippen LogP contribution in [0.15, 0.2) is 18.2 Å². The molecule has 1 aromatic carbocycles. The topological polar surface area (TPSA) is 42.9 Å². The summed E-state index contributed by atoms with van der Waals surface area (Å²) in [6, 6.07) is 4.15. The molecular formula is C12H11FN2OS. The van der Waals surface area contributed by atoms with E-state index in [-0.39, 0.29) is 11.6 Å². The van der Waals surface area contributed by atoms with Crippen molar-refractivity contribution in [3.8, 4) is 0 Å². The van der Waals surface area contributed by atoms with Crippen LogP contribution in [0.5, 0.6) is 0 Å². The smallest absolute Gasteiger partial charge is 0.206 e. The Morgan fingerprint density at radius 2 is 2.24 bits per heavy atom. The Morgan fingerprint density at radius 1 is 1.47 bits per heavy atom. The lowest BCUT2D eigenvalue weighted by Crippen LogP contribution is -2.04. The van der Waals surface area contributed by atoms with Gasteiger partial charge in [0.1, 0.15) is 10.7 Å². The molecule has 0 aliphatic rings. The van der Waals surface area contributed by atoms with Gasteiger partial charge in [-0.25, -0.2) is 4.39 Å². The molecule has 0 aliphatic carbocycles. The molecule has 5 heteroatoms. The van der Waals surface area contributed by atoms with Crippen molar-refractivity contribution in [2.45, 2.75) is 20.3 Å². The Balaban J connectivity index is 2.44. The molecule has 0 aliphatic heterocycles. The van der Waals surface area contributed by atoms with Crippen LogP contribution in [-0.4, -0.2) is 15.4 Å². The minimum Gasteiger partial charge on any atom is -0.288 e. The van der Waals surface area contributed by atoms with Gasteiger partial charge in [-0.2, -0.15) is 0 Å². The van der Waals surface area contributed by atoms with Gasteiger partial charge in [0, 0.05) is 5.56 Å². The fourth-order valence-electron chi connectivity index (χ4n) is 1.62. The van der Waals surface area contributed by atoms with Gasteiger partial charge < -0.3 is 0 Å². The van der Waals surface area contributed by atoms with Crippen molar-refractivity contribution in [2.24, 2.45) is 0 Å². The molecule has 0 atom stereocenters. The van der Waals surface area contributed by atoms with Gasteiger partial charge in [0.05, 0.1) is 5.69 Å². The van der Waals surface area contributed by atoms with Crippen molar-refractivity contribution in [1.82, 2.24) is 9.59 Å². The van der Waals surface area contributed by atoms with E-state index in [9.17, 15) is 9.18 Å². The summed E-state index contributed by atoms with van der Waals surface area (Å²) in [7, 11) is 0. The van der Waals surface area contributed by atoms with E-state index in [0.29, 0.717) is 28.1 Å². The van der Waals surface area contributed by atoms with Gasteiger partial charge in [0.2, 0.25) is 5.78 Å². The predicted octanol–water partition coefficient (Wildman–Crippen LogP) is 2.78. The van der Waals surface area contributed by atoms with E-state index in [2.05, 4.69) is 9.59 Å². The second-order valence-electron chi connectivity index (χ2n) is 3.69. The number of aromatic nitrogens is 2. The molecule has 17 heavy (non-hydrogen) atoms. The summed E-state index contributed by atoms with van der Waals surface area (Å²) in [5.41, 5.74) is 1.83. The fraction of sp³-hybridized carbons (Fsp3) is 0.250. The predicted molar refractivity (Wildman–Crippen MR) is 63.9 cm³/mol. The summed E-state index contributed by atoms with van der Waals surface area (Å²) in [5.74, 6) is -0.466. The van der Waals surface area contributed by atoms with Gasteiger partial charge in [0.15, 0.2) is 0 Å². The van der Waals surface area contributed by atoms with Gasteiger partial charge in [-0.3, -0.25) is 4.79 Å². The maximum absolute atomic E-state index is 13.0. The van der Waals surface area contributed by atoms with Crippen molar-refractivity contribution in [3.63, 3.8) is 0 Å². The third-order valence-corrected chi connectivity index (χ3v) is 3.30. The van der Waals surface area contributed by atoms with Gasteiger partial charge in [-0.05, 0) is 48.6 Å². The maximum atomic E-state index is 13.0. The normalized spacial score (nSPS) is 10.5. The lowest BCUT2D eigenvalue weighted by Gasteiger charge is -2.03. The molecule has 0 bridgehead atoms. The van der Waals surface area contributed by atoms with Crippen molar-refractivity contribution >= 4 is 17.3 Å². The van der Waals surface area contributed by atoms with E-state index < -0.39 is 0 Å². The Kier molecular flexibility index (Phi) is 3.28. The van der Waals surface area contributed by atoms with E-state index in [1.165, 1.54) is 18.2 Å². The first-order chi connectivity index (χ1) is 8.13. The minimum atomic E-state index is -0.336. The zero-order valence-electron chi connectivity index (χ0n) is 9.53. The quantitative estimate of drug-likeness (QED) is 0.787. The molecule has 0 N–H and O–H groups in total. The van der Waals surface area contributed by atoms with E-state index in [0.717, 1.165) is 11.5 Å². The number of carbonyl (C=O) groups excluding carboxylic acids is 1. The molecule has 2 aromatic rings. The number of aryl methyl sites for hydroxylation is 2. The van der Waals surface area contributed by atoms with Crippen LogP contribution in [0, 0.1) is 12.7 Å². The van der Waals surface area contributed by atoms with Crippen LogP contribution in [0.25, 0.3) is 0 Å². The molecule has 0 amide bonds. The SMILES string of the molecule is CCc1nnsc1C(=O)c1ccc(F)cc1C. The van der Waals surface area contributed by atoms with Crippen LogP contribution in [0.4, 0.5) is 4.39 Å². The molecule has 1 aromatic heterocycles. The monoisotopic (exact) mass is 250 g/mol. The lowest BCUT2D eigenvalue weighted by atomic mass is 10.0. The van der Waals surface area contributed by atoms with Gasteiger partial charge in [-0.1, -0.05) is 11.4 Å². The Labute approximate surface area is 102 Å². The van der Waals surface area contributed by atoms with Crippen LogP contribution >= 0.6 is 11.5 Å². The molecule has 0 spiro atoms. The number of rotatable bonds is 3. The molecule has 0 saturated heterocycles. The first-order valence-corrected chi connectivity index (χ1v) is 6.03. The maximum Gasteiger partial charge on any atom is 0.206 e. The molecule has 2 rings (SSSR count). The third kappa shape index (κ3) is 2.24. The van der Waals surface area contributed by atoms with E-state index in [1.807, 2.05) is 6.92 Å². The molecule has 88 valence electrons. The third-order valence-electron chi connectivity index (χ3n) is 2.53. The van der Waals surface area contributed by atoms with Crippen molar-refractivity contribution in [1.29, 1.82) is 0 Å². The standard InChI is InChI=1S/C12H11FN2OS/c1-3-10-12(17-15-14-10)11(16)9-5-4-8(13)6-7(9)2/h4-6H,3H2,1-2H3. The summed E-state index contributed by atoms with van der Waals surface area (Å²) in [4.78, 5) is 12.8. The highest BCUT2D eigenvalue weighted by Gasteiger charge is 2.18. The second-order valence-corrected chi connectivity index (χ2v) is 4.44. The van der Waals surface area contributed by atoms with Crippen LogP contribution in [0.2, 0.25) is 0 Å². The summed E-state index contributed by atoms with van der Waals surface area (Å²) < 4.78 is 16.7. The summed E-state index contributed by atoms with van der Waals surface area (Å²) >= 11 is 1.09. The number of ketones is 1. The second kappa shape index (κ2) is 4.71. The Morgan fingerprint density at radius 3 is 2.88 bits per heavy atom. The highest BCUT2D eigenvalue weighted by atomic mass is 32.1. The average molecular weight is 250 g/mol. The first kappa shape index (κ1) is 11.9. The number of nitrogens with zero attached hydrogens (tertiary/aromatic N) is 2. The number of carbonyl (C=O) groups is 1. The number of hydrogen-bond donors (Lipinski definition) is 0. The molecule has 1 heterocycles. The zero-order chi connectivity index (χ0) is 12.4. The zero-order valence-corrected chi connectivity index (χ0v) is 10.3. The van der Waals surface area contributed by atoms with Gasteiger partial charge >= 0.3 is 0 Å². The van der Waals surface area contributed by atoms with Crippen molar-refractivity contribution in [2.75, 3.05) is 0 Å². The minimum absolute atomic E-state index is 0.130. The van der Waals surface area contributed by atoms with E-state index in [1.54, 1.807) is 6.92 Å². The molecule has 0 unspecified atom stereocenters. The lowest BCUT2D eigenvalue weighted by molar-refractivity contribution is 0.104. The highest BCUT2D eigenvalue weighted by Crippen LogP contribution is 2.19. The molecule has 0 saturated carbocycles. The van der Waals surface area contributed by atoms with Crippen LogP contribution in [-0.2, 0) is 6.42 Å². The molecular weight excluding hydrogens is 239 g/mol. The molecule has 0 fully saturated rings. The van der Waals surface area contributed by atoms with Crippen molar-refractivity contribution < 1.29 is 9.18 Å². The Hall–Kier alpha value is -1.62. The number of hydrogen-bond acceptors (Lipinski definition) is 4. The van der Waals surface area contributed by atoms with Crippen LogP contribution in [0.1, 0.15) is 33.4 Å². The highest BCUT2D eigenvalue weighted by molar-refractivity contribution is 7.08. The Bertz CT molecular complexity index is 565. The van der Waals surface area contributed by atoms with Crippen molar-refractivity contribution in [3.05, 3.63) is 45.7 Å². The number of halogens is 1. The van der Waals surface area contributed by atoms with E-state index in [4.69, 9.17) is 0 Å². The first-order valence-electron chi connectivity index (χ1n) is 5.25. The summed E-state index contributed by atoms with van der Waals surface area (Å²) in [5, 5.41) is 3.90. The molecule has 3 nitrogen and oxygen atoms in total. The van der Waals surface area contributed by atoms with Gasteiger partial charge in [-0.15, -0.1) is 5.10 Å². The van der Waals surface area contributed by atoms with Crippen LogP contribution < -0.4 is 0 Å². The summed E-state index contributed by atoms with van der Waals surface area (Å²) in [6.07, 6.45) is 0.664. The largest absolute Gasteiger partial charge is 0.288 e.